The van der Waals surface area contributed by atoms with Crippen molar-refractivity contribution in [3.05, 3.63) is 28.7 Å². The van der Waals surface area contributed by atoms with Crippen molar-refractivity contribution in [1.29, 1.82) is 0 Å². The number of benzene rings is 1. The Kier molecular flexibility index (Phi) is 7.32. The second-order valence-corrected chi connectivity index (χ2v) is 7.97. The predicted octanol–water partition coefficient (Wildman–Crippen LogP) is 4.73. The Morgan fingerprint density at radius 2 is 2.08 bits per heavy atom. The van der Waals surface area contributed by atoms with E-state index in [1.165, 1.54) is 11.8 Å². The van der Waals surface area contributed by atoms with Crippen LogP contribution in [0.3, 0.4) is 0 Å². The van der Waals surface area contributed by atoms with Crippen molar-refractivity contribution in [2.75, 3.05) is 20.3 Å². The van der Waals surface area contributed by atoms with E-state index in [9.17, 15) is 4.79 Å². The zero-order chi connectivity index (χ0) is 18.4. The number of rotatable bonds is 8. The molecule has 4 nitrogen and oxygen atoms in total. The van der Waals surface area contributed by atoms with Gasteiger partial charge in [-0.1, -0.05) is 57.2 Å². The van der Waals surface area contributed by atoms with E-state index in [0.29, 0.717) is 34.0 Å². The molecule has 0 aliphatic carbocycles. The van der Waals surface area contributed by atoms with Gasteiger partial charge in [-0.05, 0) is 36.1 Å². The molecule has 1 aliphatic rings. The first kappa shape index (κ1) is 19.8. The van der Waals surface area contributed by atoms with Gasteiger partial charge in [0.1, 0.15) is 4.32 Å². The summed E-state index contributed by atoms with van der Waals surface area (Å²) in [7, 11) is 1.62. The predicted molar refractivity (Wildman–Crippen MR) is 108 cm³/mol. The Balaban J connectivity index is 2.17. The van der Waals surface area contributed by atoms with Crippen molar-refractivity contribution in [1.82, 2.24) is 4.90 Å². The Morgan fingerprint density at radius 1 is 1.32 bits per heavy atom. The van der Waals surface area contributed by atoms with Gasteiger partial charge in [-0.3, -0.25) is 9.69 Å². The molecule has 1 aromatic carbocycles. The third-order valence-corrected chi connectivity index (χ3v) is 5.04. The number of amides is 1. The van der Waals surface area contributed by atoms with E-state index in [-0.39, 0.29) is 5.91 Å². The summed E-state index contributed by atoms with van der Waals surface area (Å²) in [5.41, 5.74) is 0.893. The van der Waals surface area contributed by atoms with Crippen molar-refractivity contribution in [2.45, 2.75) is 33.6 Å². The third-order valence-electron chi connectivity index (χ3n) is 3.66. The Hall–Kier alpha value is -1.53. The summed E-state index contributed by atoms with van der Waals surface area (Å²) in [5.74, 6) is 1.75. The van der Waals surface area contributed by atoms with Crippen LogP contribution in [0.5, 0.6) is 11.5 Å². The summed E-state index contributed by atoms with van der Waals surface area (Å²) in [6.45, 7) is 7.59. The molecule has 1 saturated heterocycles. The molecule has 1 aromatic rings. The quantitative estimate of drug-likeness (QED) is 0.371. The number of thioether (sulfide) groups is 1. The molecular formula is C19H25NO3S2. The molecule has 0 aromatic heterocycles. The van der Waals surface area contributed by atoms with Gasteiger partial charge < -0.3 is 9.47 Å². The first-order valence-electron chi connectivity index (χ1n) is 8.52. The fourth-order valence-electron chi connectivity index (χ4n) is 2.39. The number of carbonyl (C=O) groups excluding carboxylic acids is 1. The first-order valence-corrected chi connectivity index (χ1v) is 9.75. The van der Waals surface area contributed by atoms with Crippen LogP contribution in [0.2, 0.25) is 0 Å². The average Bonchev–Trinajstić information content (AvgIpc) is 2.83. The van der Waals surface area contributed by atoms with E-state index >= 15 is 0 Å². The fourth-order valence-corrected chi connectivity index (χ4v) is 3.67. The molecule has 0 unspecified atom stereocenters. The molecule has 2 rings (SSSR count). The molecule has 0 radical (unpaired) electrons. The summed E-state index contributed by atoms with van der Waals surface area (Å²) in [6.07, 6.45) is 3.94. The zero-order valence-electron chi connectivity index (χ0n) is 15.2. The summed E-state index contributed by atoms with van der Waals surface area (Å²) in [4.78, 5) is 14.9. The minimum atomic E-state index is -0.0223. The number of thiocarbonyl (C=S) groups is 1. The molecule has 1 aliphatic heterocycles. The zero-order valence-corrected chi connectivity index (χ0v) is 16.8. The molecule has 136 valence electrons. The number of ether oxygens (including phenoxy) is 2. The summed E-state index contributed by atoms with van der Waals surface area (Å²) < 4.78 is 11.8. The Bertz CT molecular complexity index is 671. The minimum absolute atomic E-state index is 0.0223. The number of methoxy groups -OCH3 is 1. The van der Waals surface area contributed by atoms with Crippen LogP contribution in [0.15, 0.2) is 23.1 Å². The third kappa shape index (κ3) is 5.22. The van der Waals surface area contributed by atoms with E-state index in [0.717, 1.165) is 24.2 Å². The molecule has 0 N–H and O–H groups in total. The van der Waals surface area contributed by atoms with Crippen LogP contribution in [0.1, 0.15) is 39.2 Å². The first-order chi connectivity index (χ1) is 12.0. The van der Waals surface area contributed by atoms with Gasteiger partial charge in [0.25, 0.3) is 5.91 Å². The fraction of sp³-hybridized carbons (Fsp3) is 0.474. The second-order valence-electron chi connectivity index (χ2n) is 6.30. The standard InChI is InChI=1S/C19H25NO3S2/c1-5-6-9-23-15-8-7-14(10-16(15)22-4)11-17-18(21)20(12-13(2)3)19(24)25-17/h7-8,10-11,13H,5-6,9,12H2,1-4H3. The lowest BCUT2D eigenvalue weighted by Gasteiger charge is -2.16. The van der Waals surface area contributed by atoms with E-state index < -0.39 is 0 Å². The van der Waals surface area contributed by atoms with Crippen LogP contribution in [0.4, 0.5) is 0 Å². The summed E-state index contributed by atoms with van der Waals surface area (Å²) >= 11 is 6.69. The molecule has 0 atom stereocenters. The molecule has 1 fully saturated rings. The lowest BCUT2D eigenvalue weighted by molar-refractivity contribution is -0.122. The number of nitrogens with zero attached hydrogens (tertiary/aromatic N) is 1. The normalized spacial score (nSPS) is 16.2. The monoisotopic (exact) mass is 379 g/mol. The van der Waals surface area contributed by atoms with E-state index in [1.54, 1.807) is 12.0 Å². The van der Waals surface area contributed by atoms with E-state index in [4.69, 9.17) is 21.7 Å². The molecule has 0 saturated carbocycles. The number of hydrogen-bond acceptors (Lipinski definition) is 5. The van der Waals surface area contributed by atoms with Crippen LogP contribution < -0.4 is 9.47 Å². The van der Waals surface area contributed by atoms with Crippen LogP contribution in [0.25, 0.3) is 6.08 Å². The lowest BCUT2D eigenvalue weighted by atomic mass is 10.1. The largest absolute Gasteiger partial charge is 0.493 e. The maximum Gasteiger partial charge on any atom is 0.266 e. The van der Waals surface area contributed by atoms with Crippen molar-refractivity contribution >= 4 is 40.3 Å². The van der Waals surface area contributed by atoms with Gasteiger partial charge in [-0.25, -0.2) is 0 Å². The second kappa shape index (κ2) is 9.25. The average molecular weight is 380 g/mol. The van der Waals surface area contributed by atoms with Gasteiger partial charge >= 0.3 is 0 Å². The molecule has 1 amide bonds. The Morgan fingerprint density at radius 3 is 2.72 bits per heavy atom. The molecule has 0 bridgehead atoms. The highest BCUT2D eigenvalue weighted by molar-refractivity contribution is 8.26. The lowest BCUT2D eigenvalue weighted by Crippen LogP contribution is -2.31. The van der Waals surface area contributed by atoms with Gasteiger partial charge in [0.15, 0.2) is 11.5 Å². The van der Waals surface area contributed by atoms with Gasteiger partial charge in [-0.2, -0.15) is 0 Å². The van der Waals surface area contributed by atoms with Crippen LogP contribution >= 0.6 is 24.0 Å². The van der Waals surface area contributed by atoms with Crippen LogP contribution in [0, 0.1) is 5.92 Å². The van der Waals surface area contributed by atoms with Crippen molar-refractivity contribution < 1.29 is 14.3 Å². The van der Waals surface area contributed by atoms with E-state index in [1.807, 2.05) is 24.3 Å². The summed E-state index contributed by atoms with van der Waals surface area (Å²) in [6, 6.07) is 5.70. The van der Waals surface area contributed by atoms with Crippen LogP contribution in [-0.4, -0.2) is 35.4 Å². The number of hydrogen-bond donors (Lipinski definition) is 0. The maximum atomic E-state index is 12.5. The Labute approximate surface area is 159 Å². The van der Waals surface area contributed by atoms with Crippen LogP contribution in [-0.2, 0) is 4.79 Å². The molecule has 1 heterocycles. The highest BCUT2D eigenvalue weighted by atomic mass is 32.2. The smallest absolute Gasteiger partial charge is 0.266 e. The van der Waals surface area contributed by atoms with Crippen molar-refractivity contribution in [2.24, 2.45) is 5.92 Å². The van der Waals surface area contributed by atoms with E-state index in [2.05, 4.69) is 20.8 Å². The van der Waals surface area contributed by atoms with Gasteiger partial charge in [0, 0.05) is 6.54 Å². The van der Waals surface area contributed by atoms with Crippen molar-refractivity contribution in [3.8, 4) is 11.5 Å². The van der Waals surface area contributed by atoms with Crippen molar-refractivity contribution in [3.63, 3.8) is 0 Å². The van der Waals surface area contributed by atoms with Gasteiger partial charge in [-0.15, -0.1) is 0 Å². The van der Waals surface area contributed by atoms with Gasteiger partial charge in [0.05, 0.1) is 18.6 Å². The maximum absolute atomic E-state index is 12.5. The summed E-state index contributed by atoms with van der Waals surface area (Å²) in [5, 5.41) is 0. The highest BCUT2D eigenvalue weighted by Crippen LogP contribution is 2.35. The molecular weight excluding hydrogens is 354 g/mol. The number of carbonyl (C=O) groups is 1. The molecule has 6 heteroatoms. The molecule has 0 spiro atoms. The van der Waals surface area contributed by atoms with Gasteiger partial charge in [0.2, 0.25) is 0 Å². The topological polar surface area (TPSA) is 38.8 Å². The highest BCUT2D eigenvalue weighted by Gasteiger charge is 2.32. The SMILES string of the molecule is CCCCOc1ccc(C=C2SC(=S)N(CC(C)C)C2=O)cc1OC. The minimum Gasteiger partial charge on any atom is -0.493 e. The molecule has 25 heavy (non-hydrogen) atoms. The number of unbranched alkanes of at least 4 members (excludes halogenated alkanes) is 1.